The van der Waals surface area contributed by atoms with Crippen molar-refractivity contribution in [1.29, 1.82) is 0 Å². The van der Waals surface area contributed by atoms with Crippen molar-refractivity contribution < 1.29 is 0 Å². The predicted molar refractivity (Wildman–Crippen MR) is 59.7 cm³/mol. The van der Waals surface area contributed by atoms with E-state index >= 15 is 0 Å². The van der Waals surface area contributed by atoms with E-state index in [-0.39, 0.29) is 0 Å². The molecule has 6 heteroatoms. The molecular weight excluding hydrogens is 192 g/mol. The minimum atomic E-state index is 0.460. The van der Waals surface area contributed by atoms with Crippen molar-refractivity contribution in [2.45, 2.75) is 6.42 Å². The summed E-state index contributed by atoms with van der Waals surface area (Å²) in [6, 6.07) is 5.50. The lowest BCUT2D eigenvalue weighted by molar-refractivity contribution is 0.995. The number of aromatic nitrogens is 1. The highest BCUT2D eigenvalue weighted by Crippen LogP contribution is 2.05. The summed E-state index contributed by atoms with van der Waals surface area (Å²) in [5, 5.41) is 3.41. The van der Waals surface area contributed by atoms with Gasteiger partial charge in [0.25, 0.3) is 0 Å². The van der Waals surface area contributed by atoms with Crippen LogP contribution in [0.4, 0.5) is 5.82 Å². The van der Waals surface area contributed by atoms with Crippen LogP contribution in [0.25, 0.3) is 16.5 Å². The number of hydrogen-bond donors (Lipinski definition) is 2. The first-order valence-electron chi connectivity index (χ1n) is 4.48. The lowest BCUT2D eigenvalue weighted by atomic mass is 10.3. The van der Waals surface area contributed by atoms with E-state index in [1.807, 2.05) is 24.3 Å². The van der Waals surface area contributed by atoms with Crippen LogP contribution in [0.1, 0.15) is 12.1 Å². The summed E-state index contributed by atoms with van der Waals surface area (Å²) in [6.45, 7) is 0.460. The van der Waals surface area contributed by atoms with E-state index in [1.165, 1.54) is 0 Å². The van der Waals surface area contributed by atoms with E-state index in [4.69, 9.17) is 11.4 Å². The Morgan fingerprint density at radius 2 is 2.47 bits per heavy atom. The molecule has 0 aliphatic heterocycles. The summed E-state index contributed by atoms with van der Waals surface area (Å²) in [5.41, 5.74) is 11.3. The van der Waals surface area contributed by atoms with Gasteiger partial charge >= 0.3 is 0 Å². The molecule has 0 aromatic carbocycles. The van der Waals surface area contributed by atoms with Crippen LogP contribution in [0, 0.1) is 0 Å². The fourth-order valence-corrected chi connectivity index (χ4v) is 1.01. The fourth-order valence-electron chi connectivity index (χ4n) is 1.01. The van der Waals surface area contributed by atoms with Gasteiger partial charge in [0.2, 0.25) is 0 Å². The lowest BCUT2D eigenvalue weighted by Gasteiger charge is -1.98. The zero-order valence-corrected chi connectivity index (χ0v) is 8.17. The molecule has 3 N–H and O–H groups in total. The first-order valence-corrected chi connectivity index (χ1v) is 4.48. The number of hydrogen-bond acceptors (Lipinski definition) is 4. The number of anilines is 1. The maximum Gasteiger partial charge on any atom is 0.140 e. The molecular formula is C9H12N6. The highest BCUT2D eigenvalue weighted by atomic mass is 15.2. The number of pyridine rings is 1. The van der Waals surface area contributed by atoms with Crippen LogP contribution >= 0.6 is 0 Å². The molecule has 0 amide bonds. The van der Waals surface area contributed by atoms with Gasteiger partial charge in [-0.2, -0.15) is 0 Å². The summed E-state index contributed by atoms with van der Waals surface area (Å²) in [6.07, 6.45) is 4.46. The molecule has 0 saturated carbocycles. The smallest absolute Gasteiger partial charge is 0.140 e. The van der Waals surface area contributed by atoms with Gasteiger partial charge in [-0.25, -0.2) is 10.8 Å². The van der Waals surface area contributed by atoms with E-state index in [2.05, 4.69) is 20.4 Å². The van der Waals surface area contributed by atoms with E-state index in [0.29, 0.717) is 18.8 Å². The molecule has 0 aliphatic carbocycles. The molecule has 0 bridgehead atoms. The number of azide groups is 1. The molecule has 0 saturated heterocycles. The van der Waals surface area contributed by atoms with Gasteiger partial charge < -0.3 is 5.43 Å². The second-order valence-corrected chi connectivity index (χ2v) is 2.74. The van der Waals surface area contributed by atoms with Crippen molar-refractivity contribution in [2.75, 3.05) is 12.0 Å². The normalized spacial score (nSPS) is 9.93. The number of rotatable bonds is 5. The summed E-state index contributed by atoms with van der Waals surface area (Å²) in [4.78, 5) is 6.84. The maximum absolute atomic E-state index is 8.05. The first-order chi connectivity index (χ1) is 7.36. The number of nitrogen functional groups attached to an aromatic ring is 1. The third-order valence-electron chi connectivity index (χ3n) is 1.67. The van der Waals surface area contributed by atoms with Gasteiger partial charge in [0.15, 0.2) is 0 Å². The Morgan fingerprint density at radius 1 is 1.60 bits per heavy atom. The Kier molecular flexibility index (Phi) is 4.72. The van der Waals surface area contributed by atoms with Crippen molar-refractivity contribution in [3.63, 3.8) is 0 Å². The molecule has 1 aromatic heterocycles. The topological polar surface area (TPSA) is 99.7 Å². The Morgan fingerprint density at radius 3 is 3.20 bits per heavy atom. The van der Waals surface area contributed by atoms with Crippen LogP contribution in [0.3, 0.4) is 0 Å². The van der Waals surface area contributed by atoms with Gasteiger partial charge in [-0.15, -0.1) is 0 Å². The lowest BCUT2D eigenvalue weighted by Crippen LogP contribution is -2.08. The molecule has 1 rings (SSSR count). The first kappa shape index (κ1) is 11.0. The van der Waals surface area contributed by atoms with Crippen molar-refractivity contribution >= 4 is 11.9 Å². The minimum absolute atomic E-state index is 0.460. The zero-order chi connectivity index (χ0) is 10.9. The zero-order valence-electron chi connectivity index (χ0n) is 8.17. The molecule has 6 nitrogen and oxygen atoms in total. The quantitative estimate of drug-likeness (QED) is 0.192. The van der Waals surface area contributed by atoms with Crippen LogP contribution in [0.2, 0.25) is 0 Å². The SMILES string of the molecule is [N-]=[N+]=NCCC=Cc1cccc(NN)n1. The summed E-state index contributed by atoms with van der Waals surface area (Å²) >= 11 is 0. The van der Waals surface area contributed by atoms with Crippen LogP contribution in [0.15, 0.2) is 29.4 Å². The number of hydrazine groups is 1. The fraction of sp³-hybridized carbons (Fsp3) is 0.222. The largest absolute Gasteiger partial charge is 0.308 e. The van der Waals surface area contributed by atoms with E-state index in [1.54, 1.807) is 6.07 Å². The Balaban J connectivity index is 2.52. The van der Waals surface area contributed by atoms with Crippen LogP contribution < -0.4 is 11.3 Å². The van der Waals surface area contributed by atoms with Crippen molar-refractivity contribution in [2.24, 2.45) is 11.0 Å². The third-order valence-corrected chi connectivity index (χ3v) is 1.67. The van der Waals surface area contributed by atoms with Gasteiger partial charge in [0, 0.05) is 11.5 Å². The van der Waals surface area contributed by atoms with E-state index in [0.717, 1.165) is 5.69 Å². The summed E-state index contributed by atoms with van der Waals surface area (Å²) in [7, 11) is 0. The summed E-state index contributed by atoms with van der Waals surface area (Å²) < 4.78 is 0. The molecule has 0 radical (unpaired) electrons. The molecule has 78 valence electrons. The minimum Gasteiger partial charge on any atom is -0.308 e. The van der Waals surface area contributed by atoms with Gasteiger partial charge in [-0.3, -0.25) is 0 Å². The molecule has 0 unspecified atom stereocenters. The van der Waals surface area contributed by atoms with Gasteiger partial charge in [-0.05, 0) is 30.2 Å². The Bertz CT molecular complexity index is 380. The number of nitrogens with one attached hydrogen (secondary N) is 1. The second-order valence-electron chi connectivity index (χ2n) is 2.74. The van der Waals surface area contributed by atoms with Gasteiger partial charge in [-0.1, -0.05) is 17.3 Å². The number of nitrogens with two attached hydrogens (primary N) is 1. The Hall–Kier alpha value is -2.04. The highest BCUT2D eigenvalue weighted by molar-refractivity contribution is 5.48. The van der Waals surface area contributed by atoms with Crippen LogP contribution in [0.5, 0.6) is 0 Å². The second kappa shape index (κ2) is 6.42. The van der Waals surface area contributed by atoms with Gasteiger partial charge in [0.05, 0.1) is 5.69 Å². The van der Waals surface area contributed by atoms with Crippen molar-refractivity contribution in [3.8, 4) is 0 Å². The molecule has 1 aromatic rings. The monoisotopic (exact) mass is 204 g/mol. The third kappa shape index (κ3) is 4.12. The predicted octanol–water partition coefficient (Wildman–Crippen LogP) is 2.08. The van der Waals surface area contributed by atoms with Gasteiger partial charge in [0.1, 0.15) is 5.82 Å². The van der Waals surface area contributed by atoms with Crippen LogP contribution in [-0.2, 0) is 0 Å². The average Bonchev–Trinajstić information content (AvgIpc) is 2.29. The molecule has 0 spiro atoms. The number of nitrogens with zero attached hydrogens (tertiary/aromatic N) is 4. The molecule has 0 aliphatic rings. The standard InChI is InChI=1S/C9H12N6/c10-14-9-6-3-5-8(13-9)4-1-2-7-12-15-11/h1,3-6H,2,7,10H2,(H,13,14). The van der Waals surface area contributed by atoms with Crippen LogP contribution in [-0.4, -0.2) is 11.5 Å². The highest BCUT2D eigenvalue weighted by Gasteiger charge is 1.90. The average molecular weight is 204 g/mol. The van der Waals surface area contributed by atoms with E-state index in [9.17, 15) is 0 Å². The molecule has 1 heterocycles. The summed E-state index contributed by atoms with van der Waals surface area (Å²) in [5.74, 6) is 5.84. The molecule has 0 atom stereocenters. The molecule has 0 fully saturated rings. The molecule has 15 heavy (non-hydrogen) atoms. The Labute approximate surface area is 87.4 Å². The van der Waals surface area contributed by atoms with Crippen molar-refractivity contribution in [3.05, 3.63) is 40.4 Å². The van der Waals surface area contributed by atoms with E-state index < -0.39 is 0 Å². The van der Waals surface area contributed by atoms with Crippen molar-refractivity contribution in [1.82, 2.24) is 4.98 Å². The maximum atomic E-state index is 8.05.